The molecular weight excluding hydrogens is 1070 g/mol. The molecule has 62 heavy (non-hydrogen) atoms. The molecule has 0 unspecified atom stereocenters. The molecule has 0 spiro atoms. The number of aromatic nitrogens is 8. The number of pyridine rings is 5. The summed E-state index contributed by atoms with van der Waals surface area (Å²) < 4.78 is 18.0. The molecule has 0 saturated heterocycles. The molecule has 8 aromatic heterocycles. The van der Waals surface area contributed by atoms with Gasteiger partial charge in [0.15, 0.2) is 0 Å². The average molecular weight is 1100 g/mol. The fraction of sp³-hybridized carbons (Fsp3) is 0.0541. The van der Waals surface area contributed by atoms with Crippen LogP contribution < -0.4 is 38.3 Å². The van der Waals surface area contributed by atoms with Gasteiger partial charge in [-0.15, -0.1) is 13.2 Å². The Labute approximate surface area is 383 Å². The standard InChI is InChI=1S/C15H13N5O2.C10H9BrN4O2.C6H4BrN3O.C5H5BrN2O.CBrN/c1-2-5-17-14(21)20-15-19-12-7-11(9-18-13(12)22-15)10-4-3-6-16-8-10;1-2-3-12-9(16)15-10-14-7-4-6(11)5-13-8(7)17-10;7-3-1-4-5(9-2-3)11-6(8)10-4;6-3-1-4(7)5(9)8-2-3;2-1-3/h2-4,6-9H,1,5H2,(H2,17,19,20,21);2,4-5H,1,3H2,(H2,12,14,15,16);1-2H,(H2,8,10);1-2H,7H2,(H,8,9);. The molecule has 0 aliphatic rings. The van der Waals surface area contributed by atoms with Crippen molar-refractivity contribution >= 4 is 133 Å². The van der Waals surface area contributed by atoms with Gasteiger partial charge in [-0.1, -0.05) is 18.2 Å². The average Bonchev–Trinajstić information content (AvgIpc) is 3.96. The number of amides is 4. The highest BCUT2D eigenvalue weighted by Crippen LogP contribution is 2.24. The number of rotatable bonds is 7. The lowest BCUT2D eigenvalue weighted by molar-refractivity contribution is 0.251. The predicted octanol–water partition coefficient (Wildman–Crippen LogP) is 8.03. The molecule has 0 saturated carbocycles. The van der Waals surface area contributed by atoms with Gasteiger partial charge in [-0.25, -0.2) is 24.5 Å². The lowest BCUT2D eigenvalue weighted by Gasteiger charge is -2.00. The molecule has 0 atom stereocenters. The Morgan fingerprint density at radius 2 is 1.27 bits per heavy atom. The Kier molecular flexibility index (Phi) is 18.7. The van der Waals surface area contributed by atoms with Crippen molar-refractivity contribution in [3.8, 4) is 16.1 Å². The fourth-order valence-electron chi connectivity index (χ4n) is 4.32. The Balaban J connectivity index is 0.000000187. The van der Waals surface area contributed by atoms with E-state index < -0.39 is 12.1 Å². The number of nitrogens with zero attached hydrogens (tertiary/aromatic N) is 8. The van der Waals surface area contributed by atoms with Crippen molar-refractivity contribution < 1.29 is 22.8 Å². The summed E-state index contributed by atoms with van der Waals surface area (Å²) in [7, 11) is 0. The molecule has 8 aromatic rings. The van der Waals surface area contributed by atoms with Crippen LogP contribution >= 0.6 is 63.7 Å². The number of nitrogens with one attached hydrogen (secondary N) is 5. The Bertz CT molecular complexity index is 2880. The third-order valence-electron chi connectivity index (χ3n) is 6.84. The summed E-state index contributed by atoms with van der Waals surface area (Å²) in [6.45, 7) is 7.73. The number of carbonyl (C=O) groups is 2. The van der Waals surface area contributed by atoms with Gasteiger partial charge in [0.25, 0.3) is 11.6 Å². The minimum absolute atomic E-state index is 0.0902. The van der Waals surface area contributed by atoms with Crippen LogP contribution in [0, 0.1) is 10.2 Å². The van der Waals surface area contributed by atoms with E-state index in [1.807, 2.05) is 18.2 Å². The highest BCUT2D eigenvalue weighted by Gasteiger charge is 2.12. The number of nitrogen functional groups attached to an aromatic ring is 2. The quantitative estimate of drug-likeness (QED) is 0.0743. The number of nitriles is 1. The third kappa shape index (κ3) is 15.2. The van der Waals surface area contributed by atoms with Gasteiger partial charge in [-0.05, 0) is 78.1 Å². The first-order valence-corrected chi connectivity index (χ1v) is 20.2. The molecule has 0 fully saturated rings. The number of oxazole rings is 3. The number of aromatic amines is 1. The number of H-pyrrole nitrogens is 1. The summed E-state index contributed by atoms with van der Waals surface area (Å²) in [6.07, 6.45) is 13.0. The first-order chi connectivity index (χ1) is 29.8. The maximum atomic E-state index is 11.5. The van der Waals surface area contributed by atoms with Crippen LogP contribution in [0.25, 0.3) is 44.8 Å². The summed E-state index contributed by atoms with van der Waals surface area (Å²) in [5.41, 5.74) is 15.3. The predicted molar refractivity (Wildman–Crippen MR) is 247 cm³/mol. The summed E-state index contributed by atoms with van der Waals surface area (Å²) in [5, 5.41) is 17.3. The zero-order chi connectivity index (χ0) is 45.0. The van der Waals surface area contributed by atoms with Gasteiger partial charge in [0, 0.05) is 90.7 Å². The lowest BCUT2D eigenvalue weighted by atomic mass is 10.1. The van der Waals surface area contributed by atoms with Crippen molar-refractivity contribution in [2.24, 2.45) is 0 Å². The highest BCUT2D eigenvalue weighted by atomic mass is 79.9. The van der Waals surface area contributed by atoms with E-state index in [2.05, 4.69) is 138 Å². The largest absolute Gasteiger partial charge is 0.405 e. The van der Waals surface area contributed by atoms with Gasteiger partial charge < -0.3 is 40.3 Å². The second-order valence-electron chi connectivity index (χ2n) is 11.3. The van der Waals surface area contributed by atoms with E-state index in [1.54, 1.807) is 72.5 Å². The monoisotopic (exact) mass is 1100 g/mol. The molecule has 8 rings (SSSR count). The van der Waals surface area contributed by atoms with E-state index in [0.717, 1.165) is 24.5 Å². The normalized spacial score (nSPS) is 9.85. The molecule has 0 radical (unpaired) electrons. The second-order valence-corrected chi connectivity index (χ2v) is 14.4. The van der Waals surface area contributed by atoms with E-state index in [0.29, 0.717) is 46.8 Å². The van der Waals surface area contributed by atoms with Crippen molar-refractivity contribution in [1.82, 2.24) is 50.5 Å². The van der Waals surface area contributed by atoms with Crippen LogP contribution in [0.1, 0.15) is 0 Å². The number of fused-ring (bicyclic) bond motifs is 3. The topological polar surface area (TPSA) is 321 Å². The highest BCUT2D eigenvalue weighted by molar-refractivity contribution is 9.12. The zero-order valence-electron chi connectivity index (χ0n) is 31.6. The number of urea groups is 2. The lowest BCUT2D eigenvalue weighted by Crippen LogP contribution is -2.28. The molecule has 21 nitrogen and oxygen atoms in total. The molecule has 0 aliphatic heterocycles. The molecule has 0 bridgehead atoms. The van der Waals surface area contributed by atoms with Gasteiger partial charge >= 0.3 is 24.1 Å². The number of halogens is 4. The van der Waals surface area contributed by atoms with Crippen molar-refractivity contribution in [3.63, 3.8) is 0 Å². The zero-order valence-corrected chi connectivity index (χ0v) is 37.9. The van der Waals surface area contributed by atoms with E-state index in [-0.39, 0.29) is 29.3 Å². The number of nitrogens with two attached hydrogens (primary N) is 2. The van der Waals surface area contributed by atoms with Crippen LogP contribution in [0.3, 0.4) is 0 Å². The maximum absolute atomic E-state index is 11.5. The Morgan fingerprint density at radius 1 is 0.758 bits per heavy atom. The number of hydrogen-bond donors (Lipinski definition) is 7. The van der Waals surface area contributed by atoms with Crippen LogP contribution in [0.2, 0.25) is 0 Å². The second kappa shape index (κ2) is 24.3. The van der Waals surface area contributed by atoms with Crippen molar-refractivity contribution in [3.05, 3.63) is 123 Å². The molecule has 25 heteroatoms. The first-order valence-electron chi connectivity index (χ1n) is 17.0. The fourth-order valence-corrected chi connectivity index (χ4v) is 5.32. The number of anilines is 4. The van der Waals surface area contributed by atoms with Gasteiger partial charge in [-0.2, -0.15) is 20.2 Å². The summed E-state index contributed by atoms with van der Waals surface area (Å²) in [4.78, 5) is 65.8. The van der Waals surface area contributed by atoms with Crippen molar-refractivity contribution in [1.29, 1.82) is 5.26 Å². The molecular formula is C37H31Br4N15O6. The van der Waals surface area contributed by atoms with Gasteiger partial charge in [-0.3, -0.25) is 20.4 Å². The molecule has 4 amide bonds. The molecule has 318 valence electrons. The molecule has 8 heterocycles. The number of hydrogen-bond acceptors (Lipinski definition) is 16. The molecule has 9 N–H and O–H groups in total. The Morgan fingerprint density at radius 3 is 1.77 bits per heavy atom. The minimum Gasteiger partial charge on any atom is -0.405 e. The van der Waals surface area contributed by atoms with Crippen LogP contribution in [-0.2, 0) is 0 Å². The van der Waals surface area contributed by atoms with E-state index in [9.17, 15) is 14.4 Å². The smallest absolute Gasteiger partial charge is 0.323 e. The van der Waals surface area contributed by atoms with E-state index in [1.165, 1.54) is 0 Å². The third-order valence-corrected chi connectivity index (χ3v) is 8.16. The summed E-state index contributed by atoms with van der Waals surface area (Å²) in [5.74, 6) is 0. The van der Waals surface area contributed by atoms with Gasteiger partial charge in [0.2, 0.25) is 17.1 Å². The van der Waals surface area contributed by atoms with Crippen LogP contribution in [0.15, 0.2) is 130 Å². The van der Waals surface area contributed by atoms with Crippen LogP contribution in [0.5, 0.6) is 0 Å². The summed E-state index contributed by atoms with van der Waals surface area (Å²) in [6, 6.07) is 10.2. The number of carbonyl (C=O) groups excluding carboxylic acids is 2. The van der Waals surface area contributed by atoms with Gasteiger partial charge in [0.1, 0.15) is 21.5 Å². The Hall–Kier alpha value is -7.01. The SMILES string of the molecule is C=CCNC(=O)Nc1nc2cc(-c3cccnc3)cnc2o1.C=CCNC(=O)Nc1nc2cc(Br)cnc2o1.N#CBr.Nc1cc(Br)c[nH]c1=O.Nc1nc2cc(Br)cnc2o1. The molecule has 0 aliphatic carbocycles. The van der Waals surface area contributed by atoms with Crippen LogP contribution in [0.4, 0.5) is 33.3 Å². The van der Waals surface area contributed by atoms with Gasteiger partial charge in [0.05, 0.1) is 5.69 Å². The first kappa shape index (κ1) is 47.7. The van der Waals surface area contributed by atoms with Crippen molar-refractivity contribution in [2.75, 3.05) is 35.2 Å². The van der Waals surface area contributed by atoms with Crippen molar-refractivity contribution in [2.45, 2.75) is 0 Å². The maximum Gasteiger partial charge on any atom is 0.323 e. The summed E-state index contributed by atoms with van der Waals surface area (Å²) >= 11 is 12.1. The molecule has 0 aromatic carbocycles. The minimum atomic E-state index is -0.418. The van der Waals surface area contributed by atoms with E-state index in [4.69, 9.17) is 30.0 Å². The van der Waals surface area contributed by atoms with Crippen LogP contribution in [-0.4, -0.2) is 65.0 Å². The van der Waals surface area contributed by atoms with E-state index >= 15 is 0 Å².